The highest BCUT2D eigenvalue weighted by Crippen LogP contribution is 2.31. The molecule has 0 aliphatic carbocycles. The van der Waals surface area contributed by atoms with Gasteiger partial charge in [-0.25, -0.2) is 4.79 Å². The van der Waals surface area contributed by atoms with Crippen molar-refractivity contribution in [2.75, 3.05) is 0 Å². The molecule has 1 aromatic heterocycles. The van der Waals surface area contributed by atoms with Crippen LogP contribution in [0.1, 0.15) is 11.1 Å². The number of halogens is 3. The van der Waals surface area contributed by atoms with Crippen molar-refractivity contribution in [1.82, 2.24) is 8.16 Å². The third-order valence-electron chi connectivity index (χ3n) is 2.84. The predicted molar refractivity (Wildman–Crippen MR) is 91.4 cm³/mol. The predicted octanol–water partition coefficient (Wildman–Crippen LogP) is 3.19. The maximum atomic E-state index is 12.5. The lowest BCUT2D eigenvalue weighted by molar-refractivity contribution is 0.779. The van der Waals surface area contributed by atoms with Gasteiger partial charge in [0.25, 0.3) is 5.56 Å². The lowest BCUT2D eigenvalue weighted by Gasteiger charge is -2.16. The van der Waals surface area contributed by atoms with E-state index in [0.29, 0.717) is 9.28 Å². The minimum absolute atomic E-state index is 0.109. The third kappa shape index (κ3) is 3.10. The first-order valence-corrected chi connectivity index (χ1v) is 8.33. The van der Waals surface area contributed by atoms with Crippen LogP contribution in [0.2, 0.25) is 0 Å². The molecule has 0 aliphatic heterocycles. The molecule has 1 aromatic carbocycles. The van der Waals surface area contributed by atoms with Crippen LogP contribution in [0.15, 0.2) is 38.9 Å². The second kappa shape index (κ2) is 6.92. The van der Waals surface area contributed by atoms with Crippen molar-refractivity contribution in [2.24, 2.45) is 0 Å². The molecule has 0 spiro atoms. The molecule has 0 unspecified atom stereocenters. The Hall–Kier alpha value is -1.20. The van der Waals surface area contributed by atoms with Crippen molar-refractivity contribution >= 4 is 51.1 Å². The fraction of sp³-hybridized carbons (Fsp3) is 0.154. The van der Waals surface area contributed by atoms with E-state index >= 15 is 0 Å². The van der Waals surface area contributed by atoms with Gasteiger partial charge < -0.3 is 0 Å². The molecule has 114 valence electrons. The molecule has 0 fully saturated rings. The average molecular weight is 421 g/mol. The van der Waals surface area contributed by atoms with Crippen LogP contribution in [0, 0.1) is 18.3 Å². The Morgan fingerprint density at radius 2 is 1.95 bits per heavy atom. The van der Waals surface area contributed by atoms with Crippen LogP contribution in [0.25, 0.3) is 5.69 Å². The highest BCUT2D eigenvalue weighted by Gasteiger charge is 2.22. The van der Waals surface area contributed by atoms with Gasteiger partial charge in [-0.2, -0.15) is 8.86 Å². The minimum atomic E-state index is -0.938. The molecule has 0 radical (unpaired) electrons. The fourth-order valence-electron chi connectivity index (χ4n) is 1.88. The van der Waals surface area contributed by atoms with E-state index in [1.165, 1.54) is 4.57 Å². The Kier molecular flexibility index (Phi) is 5.40. The van der Waals surface area contributed by atoms with Gasteiger partial charge in [-0.3, -0.25) is 9.36 Å². The molecule has 0 saturated carbocycles. The zero-order valence-electron chi connectivity index (χ0n) is 11.1. The van der Waals surface area contributed by atoms with Crippen molar-refractivity contribution < 1.29 is 0 Å². The van der Waals surface area contributed by atoms with Gasteiger partial charge in [0.05, 0.1) is 21.8 Å². The number of rotatable bonds is 3. The van der Waals surface area contributed by atoms with Crippen LogP contribution in [-0.2, 0) is 0 Å². The standard InChI is InChI=1S/C13H8BrCl2N3O2S/c1-7-4-2-3-5-9(7)18-11(22-12(15)16)8(6-17)10(20)19(14)13(18)21/h2-5,12H,1H3. The third-order valence-corrected chi connectivity index (χ3v) is 4.79. The van der Waals surface area contributed by atoms with Gasteiger partial charge in [-0.1, -0.05) is 53.2 Å². The monoisotopic (exact) mass is 419 g/mol. The summed E-state index contributed by atoms with van der Waals surface area (Å²) in [5.74, 6) is 0. The van der Waals surface area contributed by atoms with Crippen molar-refractivity contribution in [3.05, 3.63) is 56.2 Å². The molecule has 2 aromatic rings. The normalized spacial score (nSPS) is 10.7. The smallest absolute Gasteiger partial charge is 0.267 e. The van der Waals surface area contributed by atoms with Crippen molar-refractivity contribution in [3.63, 3.8) is 0 Å². The lowest BCUT2D eigenvalue weighted by Crippen LogP contribution is -2.37. The number of benzene rings is 1. The van der Waals surface area contributed by atoms with E-state index in [-0.39, 0.29) is 10.6 Å². The topological polar surface area (TPSA) is 67.8 Å². The number of para-hydroxylation sites is 1. The van der Waals surface area contributed by atoms with Gasteiger partial charge in [0.15, 0.2) is 4.17 Å². The first-order valence-electron chi connectivity index (χ1n) is 5.87. The highest BCUT2D eigenvalue weighted by atomic mass is 79.9. The average Bonchev–Trinajstić information content (AvgIpc) is 2.47. The number of aromatic nitrogens is 2. The van der Waals surface area contributed by atoms with Gasteiger partial charge in [0.2, 0.25) is 0 Å². The molecular formula is C13H8BrCl2N3O2S. The summed E-state index contributed by atoms with van der Waals surface area (Å²) in [5.41, 5.74) is -0.282. The number of nitrogens with zero attached hydrogens (tertiary/aromatic N) is 3. The number of alkyl halides is 2. The second-order valence-electron chi connectivity index (χ2n) is 4.16. The molecule has 22 heavy (non-hydrogen) atoms. The van der Waals surface area contributed by atoms with E-state index in [0.717, 1.165) is 17.3 Å². The molecule has 0 aliphatic rings. The molecule has 5 nitrogen and oxygen atoms in total. The van der Waals surface area contributed by atoms with Crippen LogP contribution < -0.4 is 11.2 Å². The minimum Gasteiger partial charge on any atom is -0.267 e. The Bertz CT molecular complexity index is 886. The summed E-state index contributed by atoms with van der Waals surface area (Å²) in [6.07, 6.45) is 0. The number of hydrogen-bond donors (Lipinski definition) is 0. The molecule has 2 rings (SSSR count). The van der Waals surface area contributed by atoms with Gasteiger partial charge in [-0.05, 0) is 18.6 Å². The van der Waals surface area contributed by atoms with E-state index in [1.807, 2.05) is 19.1 Å². The Labute approximate surface area is 148 Å². The van der Waals surface area contributed by atoms with Crippen LogP contribution >= 0.6 is 51.1 Å². The SMILES string of the molecule is Cc1ccccc1-n1c(SC(Cl)Cl)c(C#N)c(=O)n(Br)c1=O. The molecule has 0 bridgehead atoms. The van der Waals surface area contributed by atoms with Crippen molar-refractivity contribution in [2.45, 2.75) is 16.1 Å². The van der Waals surface area contributed by atoms with Crippen LogP contribution in [0.5, 0.6) is 0 Å². The number of hydrogen-bond acceptors (Lipinski definition) is 4. The molecular weight excluding hydrogens is 413 g/mol. The molecule has 0 N–H and O–H groups in total. The van der Waals surface area contributed by atoms with Crippen LogP contribution in [-0.4, -0.2) is 12.3 Å². The summed E-state index contributed by atoms with van der Waals surface area (Å²) < 4.78 is 1.01. The Morgan fingerprint density at radius 3 is 2.50 bits per heavy atom. The molecule has 1 heterocycles. The first-order chi connectivity index (χ1) is 10.4. The van der Waals surface area contributed by atoms with Crippen LogP contribution in [0.3, 0.4) is 0 Å². The van der Waals surface area contributed by atoms with E-state index < -0.39 is 15.4 Å². The van der Waals surface area contributed by atoms with E-state index in [9.17, 15) is 14.9 Å². The maximum absolute atomic E-state index is 12.5. The highest BCUT2D eigenvalue weighted by molar-refractivity contribution is 9.08. The molecule has 0 saturated heterocycles. The largest absolute Gasteiger partial charge is 0.346 e. The van der Waals surface area contributed by atoms with E-state index in [1.54, 1.807) is 18.2 Å². The summed E-state index contributed by atoms with van der Waals surface area (Å²) in [6, 6.07) is 8.89. The van der Waals surface area contributed by atoms with Crippen molar-refractivity contribution in [3.8, 4) is 11.8 Å². The summed E-state index contributed by atoms with van der Waals surface area (Å²) >= 11 is 15.3. The van der Waals surface area contributed by atoms with Gasteiger partial charge in [0.1, 0.15) is 16.7 Å². The molecule has 0 atom stereocenters. The number of aryl methyl sites for hydroxylation is 1. The van der Waals surface area contributed by atoms with Gasteiger partial charge in [-0.15, -0.1) is 0 Å². The summed E-state index contributed by atoms with van der Waals surface area (Å²) in [6.45, 7) is 1.81. The lowest BCUT2D eigenvalue weighted by atomic mass is 10.2. The van der Waals surface area contributed by atoms with E-state index in [4.69, 9.17) is 23.2 Å². The van der Waals surface area contributed by atoms with E-state index in [2.05, 4.69) is 16.1 Å². The second-order valence-corrected chi connectivity index (χ2v) is 7.58. The zero-order chi connectivity index (χ0) is 16.4. The molecule has 9 heteroatoms. The number of nitriles is 1. The summed E-state index contributed by atoms with van der Waals surface area (Å²) in [4.78, 5) is 24.6. The Morgan fingerprint density at radius 1 is 1.32 bits per heavy atom. The zero-order valence-corrected chi connectivity index (χ0v) is 15.0. The van der Waals surface area contributed by atoms with Crippen molar-refractivity contribution in [1.29, 1.82) is 5.26 Å². The van der Waals surface area contributed by atoms with Crippen LogP contribution in [0.4, 0.5) is 0 Å². The number of thioether (sulfide) groups is 1. The summed E-state index contributed by atoms with van der Waals surface area (Å²) in [5, 5.41) is 9.38. The maximum Gasteiger partial charge on any atom is 0.346 e. The quantitative estimate of drug-likeness (QED) is 0.434. The fourth-order valence-corrected chi connectivity index (χ4v) is 3.43. The first kappa shape index (κ1) is 17.2. The molecule has 0 amide bonds. The summed E-state index contributed by atoms with van der Waals surface area (Å²) in [7, 11) is 0. The Balaban J connectivity index is 2.97. The van der Waals surface area contributed by atoms with Gasteiger partial charge >= 0.3 is 5.69 Å². The van der Waals surface area contributed by atoms with Gasteiger partial charge in [0, 0.05) is 0 Å².